The zero-order valence-electron chi connectivity index (χ0n) is 6.77. The lowest BCUT2D eigenvalue weighted by atomic mass is 10.2. The third kappa shape index (κ3) is 4.27. The van der Waals surface area contributed by atoms with Crippen LogP contribution < -0.4 is 0 Å². The highest BCUT2D eigenvalue weighted by atomic mass is 35.5. The Balaban J connectivity index is 4.24. The summed E-state index contributed by atoms with van der Waals surface area (Å²) < 4.78 is 0. The zero-order valence-corrected chi connectivity index (χ0v) is 8.28. The van der Waals surface area contributed by atoms with Crippen molar-refractivity contribution in [2.24, 2.45) is 0 Å². The van der Waals surface area contributed by atoms with E-state index in [1.54, 1.807) is 18.0 Å². The maximum absolute atomic E-state index is 11.0. The summed E-state index contributed by atoms with van der Waals surface area (Å²) in [7, 11) is 3.66. The van der Waals surface area contributed by atoms with Gasteiger partial charge in [-0.25, -0.2) is 0 Å². The second kappa shape index (κ2) is 4.62. The minimum Gasteiger partial charge on any atom is -0.383 e. The van der Waals surface area contributed by atoms with E-state index in [-0.39, 0.29) is 5.78 Å². The van der Waals surface area contributed by atoms with E-state index in [0.717, 1.165) is 0 Å². The molecule has 64 valence electrons. The molecule has 0 rings (SSSR count). The number of carbonyl (C=O) groups is 1. The number of allylic oxidation sites excluding steroid dienone is 1. The van der Waals surface area contributed by atoms with Gasteiger partial charge in [0.25, 0.3) is 0 Å². The predicted molar refractivity (Wildman–Crippen MR) is 47.9 cm³/mol. The molecule has 0 heterocycles. The van der Waals surface area contributed by atoms with Crippen LogP contribution >= 0.6 is 23.2 Å². The first kappa shape index (κ1) is 10.8. The van der Waals surface area contributed by atoms with Crippen LogP contribution in [0.1, 0.15) is 6.92 Å². The number of ketones is 1. The number of carbonyl (C=O) groups excluding carboxylic acids is 1. The Morgan fingerprint density at radius 3 is 2.18 bits per heavy atom. The maximum atomic E-state index is 11.0. The number of hydrogen-bond acceptors (Lipinski definition) is 2. The van der Waals surface area contributed by atoms with E-state index < -0.39 is 4.84 Å². The average Bonchev–Trinajstić information content (AvgIpc) is 1.84. The Labute approximate surface area is 76.8 Å². The second-order valence-electron chi connectivity index (χ2n) is 2.44. The number of hydrogen-bond donors (Lipinski definition) is 0. The summed E-state index contributed by atoms with van der Waals surface area (Å²) in [6.07, 6.45) is 1.68. The van der Waals surface area contributed by atoms with E-state index >= 15 is 0 Å². The van der Waals surface area contributed by atoms with Crippen molar-refractivity contribution in [3.05, 3.63) is 11.8 Å². The number of rotatable bonds is 3. The molecule has 0 aromatic heterocycles. The molecule has 0 aliphatic heterocycles. The first-order valence-electron chi connectivity index (χ1n) is 3.12. The molecule has 0 bridgehead atoms. The van der Waals surface area contributed by atoms with Gasteiger partial charge in [0.15, 0.2) is 10.6 Å². The van der Waals surface area contributed by atoms with Gasteiger partial charge in [0.1, 0.15) is 0 Å². The molecule has 0 fully saturated rings. The molecule has 4 heteroatoms. The molecule has 0 aromatic carbocycles. The summed E-state index contributed by atoms with van der Waals surface area (Å²) in [6, 6.07) is 0. The molecule has 0 unspecified atom stereocenters. The Morgan fingerprint density at radius 2 is 1.91 bits per heavy atom. The number of Topliss-reactive ketones (excluding diaryl/α,β-unsaturated/α-hetero) is 1. The molecule has 0 aliphatic rings. The normalized spacial score (nSPS) is 12.0. The Hall–Kier alpha value is -0.210. The highest BCUT2D eigenvalue weighted by molar-refractivity contribution is 6.55. The van der Waals surface area contributed by atoms with E-state index in [9.17, 15) is 4.79 Å². The second-order valence-corrected chi connectivity index (χ2v) is 3.54. The van der Waals surface area contributed by atoms with Gasteiger partial charge in [0, 0.05) is 25.9 Å². The van der Waals surface area contributed by atoms with Crippen molar-refractivity contribution in [3.8, 4) is 0 Å². The lowest BCUT2D eigenvalue weighted by Gasteiger charge is -2.07. The van der Waals surface area contributed by atoms with Crippen molar-refractivity contribution in [2.75, 3.05) is 14.1 Å². The molecule has 0 aromatic rings. The monoisotopic (exact) mass is 195 g/mol. The van der Waals surface area contributed by atoms with Crippen LogP contribution in [0.4, 0.5) is 0 Å². The van der Waals surface area contributed by atoms with Crippen LogP contribution in [-0.2, 0) is 4.79 Å². The first-order valence-corrected chi connectivity index (χ1v) is 3.99. The maximum Gasteiger partial charge on any atom is 0.192 e. The van der Waals surface area contributed by atoms with Crippen LogP contribution in [0.3, 0.4) is 0 Å². The molecule has 0 saturated heterocycles. The third-order valence-corrected chi connectivity index (χ3v) is 1.44. The predicted octanol–water partition coefficient (Wildman–Crippen LogP) is 1.82. The molecule has 11 heavy (non-hydrogen) atoms. The van der Waals surface area contributed by atoms with Crippen molar-refractivity contribution >= 4 is 29.0 Å². The fraction of sp³-hybridized carbons (Fsp3) is 0.571. The summed E-state index contributed by atoms with van der Waals surface area (Å²) in [5, 5.41) is 0. The minimum absolute atomic E-state index is 0.248. The molecule has 0 amide bonds. The molecule has 0 aliphatic carbocycles. The zero-order chi connectivity index (χ0) is 9.02. The van der Waals surface area contributed by atoms with Crippen molar-refractivity contribution < 1.29 is 4.79 Å². The number of nitrogens with zero attached hydrogens (tertiary/aromatic N) is 1. The highest BCUT2D eigenvalue weighted by Crippen LogP contribution is 2.09. The van der Waals surface area contributed by atoms with Gasteiger partial charge in [-0.3, -0.25) is 4.79 Å². The van der Waals surface area contributed by atoms with Gasteiger partial charge in [0.2, 0.25) is 0 Å². The van der Waals surface area contributed by atoms with Gasteiger partial charge in [-0.15, -0.1) is 0 Å². The van der Waals surface area contributed by atoms with Crippen LogP contribution in [0.5, 0.6) is 0 Å². The molecular formula is C7H11Cl2NO. The Morgan fingerprint density at radius 1 is 1.45 bits per heavy atom. The van der Waals surface area contributed by atoms with Crippen molar-refractivity contribution in [1.82, 2.24) is 4.90 Å². The first-order chi connectivity index (χ1) is 4.95. The fourth-order valence-corrected chi connectivity index (χ4v) is 0.967. The lowest BCUT2D eigenvalue weighted by Crippen LogP contribution is -2.12. The SMILES string of the molecule is CC(=CN(C)C)C(=O)C(Cl)Cl. The van der Waals surface area contributed by atoms with Gasteiger partial charge in [-0.05, 0) is 6.92 Å². The molecule has 0 saturated carbocycles. The molecule has 0 N–H and O–H groups in total. The summed E-state index contributed by atoms with van der Waals surface area (Å²) >= 11 is 10.7. The fourth-order valence-electron chi connectivity index (χ4n) is 0.623. The Bertz CT molecular complexity index is 175. The van der Waals surface area contributed by atoms with Crippen molar-refractivity contribution in [2.45, 2.75) is 11.8 Å². The van der Waals surface area contributed by atoms with Crippen molar-refractivity contribution in [3.63, 3.8) is 0 Å². The van der Waals surface area contributed by atoms with E-state index in [2.05, 4.69) is 0 Å². The van der Waals surface area contributed by atoms with Crippen LogP contribution in [-0.4, -0.2) is 29.6 Å². The minimum atomic E-state index is -0.953. The van der Waals surface area contributed by atoms with Gasteiger partial charge in [0.05, 0.1) is 0 Å². The van der Waals surface area contributed by atoms with Crippen molar-refractivity contribution in [1.29, 1.82) is 0 Å². The van der Waals surface area contributed by atoms with Gasteiger partial charge in [-0.1, -0.05) is 23.2 Å². The summed E-state index contributed by atoms with van der Waals surface area (Å²) in [6.45, 7) is 1.68. The lowest BCUT2D eigenvalue weighted by molar-refractivity contribution is -0.114. The van der Waals surface area contributed by atoms with E-state index in [0.29, 0.717) is 5.57 Å². The van der Waals surface area contributed by atoms with Gasteiger partial charge < -0.3 is 4.90 Å². The smallest absolute Gasteiger partial charge is 0.192 e. The average molecular weight is 196 g/mol. The van der Waals surface area contributed by atoms with Crippen LogP contribution in [0.2, 0.25) is 0 Å². The molecule has 0 atom stereocenters. The van der Waals surface area contributed by atoms with Crippen LogP contribution in [0, 0.1) is 0 Å². The number of alkyl halides is 2. The highest BCUT2D eigenvalue weighted by Gasteiger charge is 2.12. The topological polar surface area (TPSA) is 20.3 Å². The summed E-state index contributed by atoms with van der Waals surface area (Å²) in [4.78, 5) is 11.8. The summed E-state index contributed by atoms with van der Waals surface area (Å²) in [5.41, 5.74) is 0.560. The van der Waals surface area contributed by atoms with E-state index in [4.69, 9.17) is 23.2 Å². The molecule has 0 spiro atoms. The molecular weight excluding hydrogens is 185 g/mol. The van der Waals surface area contributed by atoms with Gasteiger partial charge >= 0.3 is 0 Å². The molecule has 0 radical (unpaired) electrons. The van der Waals surface area contributed by atoms with Crippen LogP contribution in [0.25, 0.3) is 0 Å². The van der Waals surface area contributed by atoms with E-state index in [1.165, 1.54) is 0 Å². The summed E-state index contributed by atoms with van der Waals surface area (Å²) in [5.74, 6) is -0.248. The quantitative estimate of drug-likeness (QED) is 0.506. The molecule has 2 nitrogen and oxygen atoms in total. The number of halogens is 2. The van der Waals surface area contributed by atoms with E-state index in [1.807, 2.05) is 14.1 Å². The standard InChI is InChI=1S/C7H11Cl2NO/c1-5(4-10(2)3)6(11)7(8)9/h4,7H,1-3H3. The Kier molecular flexibility index (Phi) is 4.54. The third-order valence-electron chi connectivity index (χ3n) is 1.04. The largest absolute Gasteiger partial charge is 0.383 e. The van der Waals surface area contributed by atoms with Gasteiger partial charge in [-0.2, -0.15) is 0 Å². The van der Waals surface area contributed by atoms with Crippen LogP contribution in [0.15, 0.2) is 11.8 Å².